The predicted molar refractivity (Wildman–Crippen MR) is 52.6 cm³/mol. The van der Waals surface area contributed by atoms with Crippen molar-refractivity contribution in [3.05, 3.63) is 0 Å². The van der Waals surface area contributed by atoms with E-state index in [0.717, 1.165) is 26.3 Å². The minimum Gasteiger partial charge on any atom is -0.379 e. The lowest BCUT2D eigenvalue weighted by Gasteiger charge is -2.53. The van der Waals surface area contributed by atoms with Crippen LogP contribution in [-0.4, -0.2) is 42.8 Å². The lowest BCUT2D eigenvalue weighted by molar-refractivity contribution is -0.0842. The van der Waals surface area contributed by atoms with E-state index >= 15 is 0 Å². The number of nitrogens with two attached hydrogens (primary N) is 1. The molecule has 0 aromatic carbocycles. The average molecular weight is 184 g/mol. The van der Waals surface area contributed by atoms with Gasteiger partial charge >= 0.3 is 0 Å². The van der Waals surface area contributed by atoms with E-state index in [4.69, 9.17) is 10.5 Å². The molecule has 2 aliphatic rings. The summed E-state index contributed by atoms with van der Waals surface area (Å²) in [5, 5.41) is 0. The van der Waals surface area contributed by atoms with Crippen molar-refractivity contribution < 1.29 is 4.74 Å². The van der Waals surface area contributed by atoms with Crippen LogP contribution in [0.5, 0.6) is 0 Å². The molecule has 1 unspecified atom stereocenters. The molecule has 2 rings (SSSR count). The van der Waals surface area contributed by atoms with E-state index < -0.39 is 0 Å². The maximum absolute atomic E-state index is 5.88. The third-order valence-corrected chi connectivity index (χ3v) is 3.64. The van der Waals surface area contributed by atoms with Crippen molar-refractivity contribution in [1.29, 1.82) is 0 Å². The van der Waals surface area contributed by atoms with Crippen LogP contribution in [0.4, 0.5) is 0 Å². The van der Waals surface area contributed by atoms with Crippen molar-refractivity contribution in [2.75, 3.05) is 26.3 Å². The molecule has 3 heteroatoms. The molecule has 2 N–H and O–H groups in total. The van der Waals surface area contributed by atoms with E-state index in [9.17, 15) is 0 Å². The summed E-state index contributed by atoms with van der Waals surface area (Å²) >= 11 is 0. The molecular weight excluding hydrogens is 164 g/mol. The number of nitrogens with zero attached hydrogens (tertiary/aromatic N) is 1. The molecule has 3 nitrogen and oxygen atoms in total. The van der Waals surface area contributed by atoms with Crippen LogP contribution in [0.2, 0.25) is 0 Å². The van der Waals surface area contributed by atoms with Crippen LogP contribution in [0.25, 0.3) is 0 Å². The van der Waals surface area contributed by atoms with Gasteiger partial charge in [0.25, 0.3) is 0 Å². The molecule has 1 saturated heterocycles. The molecule has 1 aliphatic carbocycles. The highest BCUT2D eigenvalue weighted by atomic mass is 16.5. The number of morpholine rings is 1. The first-order valence-electron chi connectivity index (χ1n) is 5.33. The van der Waals surface area contributed by atoms with Crippen LogP contribution in [0.3, 0.4) is 0 Å². The van der Waals surface area contributed by atoms with E-state index in [1.807, 2.05) is 0 Å². The minimum atomic E-state index is 0.337. The van der Waals surface area contributed by atoms with E-state index in [1.165, 1.54) is 19.3 Å². The monoisotopic (exact) mass is 184 g/mol. The molecule has 0 bridgehead atoms. The fourth-order valence-corrected chi connectivity index (χ4v) is 2.63. The van der Waals surface area contributed by atoms with Gasteiger partial charge in [-0.15, -0.1) is 0 Å². The fraction of sp³-hybridized carbons (Fsp3) is 1.00. The number of rotatable bonds is 2. The molecule has 0 amide bonds. The zero-order chi connectivity index (χ0) is 9.31. The van der Waals surface area contributed by atoms with Gasteiger partial charge in [0.05, 0.1) is 13.2 Å². The van der Waals surface area contributed by atoms with Crippen LogP contribution >= 0.6 is 0 Å². The van der Waals surface area contributed by atoms with Gasteiger partial charge in [0.2, 0.25) is 0 Å². The fourth-order valence-electron chi connectivity index (χ4n) is 2.63. The Kier molecular flexibility index (Phi) is 2.58. The summed E-state index contributed by atoms with van der Waals surface area (Å²) in [6, 6.07) is 0.553. The highest BCUT2D eigenvalue weighted by Gasteiger charge is 2.43. The quantitative estimate of drug-likeness (QED) is 0.682. The van der Waals surface area contributed by atoms with Crippen molar-refractivity contribution in [1.82, 2.24) is 4.90 Å². The maximum atomic E-state index is 5.88. The van der Waals surface area contributed by atoms with Gasteiger partial charge in [-0.25, -0.2) is 0 Å². The summed E-state index contributed by atoms with van der Waals surface area (Å²) in [6.07, 6.45) is 3.92. The highest BCUT2D eigenvalue weighted by molar-refractivity contribution is 5.01. The second-order valence-electron chi connectivity index (χ2n) is 4.40. The summed E-state index contributed by atoms with van der Waals surface area (Å²) in [5.41, 5.74) is 6.22. The normalized spacial score (nSPS) is 34.2. The highest BCUT2D eigenvalue weighted by Crippen LogP contribution is 2.38. The van der Waals surface area contributed by atoms with Gasteiger partial charge in [0.1, 0.15) is 0 Å². The summed E-state index contributed by atoms with van der Waals surface area (Å²) in [4.78, 5) is 2.57. The third kappa shape index (κ3) is 1.49. The largest absolute Gasteiger partial charge is 0.379 e. The molecule has 13 heavy (non-hydrogen) atoms. The van der Waals surface area contributed by atoms with E-state index in [-0.39, 0.29) is 0 Å². The van der Waals surface area contributed by atoms with Crippen LogP contribution in [0, 0.1) is 0 Å². The second-order valence-corrected chi connectivity index (χ2v) is 4.40. The molecule has 0 aromatic rings. The predicted octanol–water partition coefficient (Wildman–Crippen LogP) is 0.588. The lowest BCUT2D eigenvalue weighted by Crippen LogP contribution is -2.64. The second kappa shape index (κ2) is 3.56. The van der Waals surface area contributed by atoms with Crippen molar-refractivity contribution in [3.8, 4) is 0 Å². The summed E-state index contributed by atoms with van der Waals surface area (Å²) in [6.45, 7) is 5.89. The average Bonchev–Trinajstić information content (AvgIpc) is 2.07. The van der Waals surface area contributed by atoms with E-state index in [0.29, 0.717) is 11.6 Å². The Morgan fingerprint density at radius 3 is 2.77 bits per heavy atom. The Morgan fingerprint density at radius 1 is 1.54 bits per heavy atom. The molecule has 2 fully saturated rings. The Balaban J connectivity index is 2.03. The van der Waals surface area contributed by atoms with Gasteiger partial charge in [-0.05, 0) is 26.2 Å². The van der Waals surface area contributed by atoms with Crippen LogP contribution in [-0.2, 0) is 4.74 Å². The molecule has 1 aliphatic heterocycles. The zero-order valence-corrected chi connectivity index (χ0v) is 8.46. The van der Waals surface area contributed by atoms with Gasteiger partial charge in [-0.2, -0.15) is 0 Å². The zero-order valence-electron chi connectivity index (χ0n) is 8.46. The van der Waals surface area contributed by atoms with Gasteiger partial charge in [-0.3, -0.25) is 4.90 Å². The molecule has 0 aromatic heterocycles. The molecule has 1 atom stereocenters. The van der Waals surface area contributed by atoms with Crippen molar-refractivity contribution in [3.63, 3.8) is 0 Å². The lowest BCUT2D eigenvalue weighted by atomic mass is 9.74. The summed E-state index contributed by atoms with van der Waals surface area (Å²) < 4.78 is 5.44. The Morgan fingerprint density at radius 2 is 2.31 bits per heavy atom. The first-order valence-corrected chi connectivity index (χ1v) is 5.33. The number of hydrogen-bond donors (Lipinski definition) is 1. The standard InChI is InChI=1S/C10H20N2O/c1-9-7-13-6-5-12(9)10(8-11)3-2-4-10/h9H,2-8,11H2,1H3. The molecule has 76 valence electrons. The first-order chi connectivity index (χ1) is 6.28. The first kappa shape index (κ1) is 9.44. The smallest absolute Gasteiger partial charge is 0.0620 e. The SMILES string of the molecule is CC1COCCN1C1(CN)CCC1. The van der Waals surface area contributed by atoms with E-state index in [2.05, 4.69) is 11.8 Å². The van der Waals surface area contributed by atoms with Gasteiger partial charge < -0.3 is 10.5 Å². The van der Waals surface area contributed by atoms with Crippen molar-refractivity contribution in [2.24, 2.45) is 5.73 Å². The third-order valence-electron chi connectivity index (χ3n) is 3.64. The van der Waals surface area contributed by atoms with Crippen LogP contribution in [0.1, 0.15) is 26.2 Å². The Hall–Kier alpha value is -0.120. The maximum Gasteiger partial charge on any atom is 0.0620 e. The minimum absolute atomic E-state index is 0.337. The molecular formula is C10H20N2O. The van der Waals surface area contributed by atoms with Crippen molar-refractivity contribution >= 4 is 0 Å². The molecule has 0 spiro atoms. The number of hydrogen-bond acceptors (Lipinski definition) is 3. The summed E-state index contributed by atoms with van der Waals surface area (Å²) in [7, 11) is 0. The van der Waals surface area contributed by atoms with Gasteiger partial charge in [-0.1, -0.05) is 0 Å². The van der Waals surface area contributed by atoms with Crippen LogP contribution < -0.4 is 5.73 Å². The molecule has 0 radical (unpaired) electrons. The van der Waals surface area contributed by atoms with Crippen molar-refractivity contribution in [2.45, 2.75) is 37.8 Å². The Bertz CT molecular complexity index is 174. The molecule has 1 heterocycles. The Labute approximate surface area is 80.2 Å². The number of ether oxygens (including phenoxy) is 1. The topological polar surface area (TPSA) is 38.5 Å². The summed E-state index contributed by atoms with van der Waals surface area (Å²) in [5.74, 6) is 0. The van der Waals surface area contributed by atoms with Gasteiger partial charge in [0, 0.05) is 24.7 Å². The van der Waals surface area contributed by atoms with Gasteiger partial charge in [0.15, 0.2) is 0 Å². The van der Waals surface area contributed by atoms with Crippen LogP contribution in [0.15, 0.2) is 0 Å². The van der Waals surface area contributed by atoms with E-state index in [1.54, 1.807) is 0 Å². The molecule has 1 saturated carbocycles.